The maximum atomic E-state index is 11.4. The quantitative estimate of drug-likeness (QED) is 0.480. The van der Waals surface area contributed by atoms with Crippen LogP contribution in [0.15, 0.2) is 0 Å². The van der Waals surface area contributed by atoms with E-state index in [0.717, 1.165) is 19.3 Å². The molecule has 13 heavy (non-hydrogen) atoms. The van der Waals surface area contributed by atoms with Gasteiger partial charge in [-0.2, -0.15) is 0 Å². The van der Waals surface area contributed by atoms with Crippen LogP contribution in [-0.4, -0.2) is 12.1 Å². The van der Waals surface area contributed by atoms with Crippen molar-refractivity contribution >= 4 is 5.97 Å². The Hall–Kier alpha value is -0.970. The van der Waals surface area contributed by atoms with Crippen LogP contribution in [0.3, 0.4) is 0 Å². The van der Waals surface area contributed by atoms with Crippen molar-refractivity contribution in [2.75, 3.05) is 0 Å². The Morgan fingerprint density at radius 1 is 1.62 bits per heavy atom. The van der Waals surface area contributed by atoms with Crippen LogP contribution in [0.25, 0.3) is 0 Å². The number of terminal acetylenes is 1. The van der Waals surface area contributed by atoms with Gasteiger partial charge in [0.15, 0.2) is 6.10 Å². The molecule has 1 aliphatic rings. The smallest absolute Gasteiger partial charge is 0.310 e. The Morgan fingerprint density at radius 2 is 2.31 bits per heavy atom. The molecule has 0 heterocycles. The highest BCUT2D eigenvalue weighted by atomic mass is 16.5. The van der Waals surface area contributed by atoms with E-state index in [0.29, 0.717) is 5.92 Å². The highest BCUT2D eigenvalue weighted by molar-refractivity contribution is 5.73. The first-order valence-corrected chi connectivity index (χ1v) is 4.80. The molecular formula is C11H16O2. The molecule has 2 heteroatoms. The Labute approximate surface area is 79.7 Å². The molecule has 0 aromatic rings. The predicted octanol–water partition coefficient (Wildman–Crippen LogP) is 1.99. The molecule has 0 aliphatic heterocycles. The van der Waals surface area contributed by atoms with Crippen molar-refractivity contribution in [3.63, 3.8) is 0 Å². The third kappa shape index (κ3) is 2.77. The van der Waals surface area contributed by atoms with E-state index in [1.54, 1.807) is 6.92 Å². The number of carbonyl (C=O) groups is 1. The number of hydrogen-bond acceptors (Lipinski definition) is 2. The fourth-order valence-corrected chi connectivity index (χ4v) is 1.73. The summed E-state index contributed by atoms with van der Waals surface area (Å²) in [5.41, 5.74) is 0. The van der Waals surface area contributed by atoms with Crippen LogP contribution in [-0.2, 0) is 9.53 Å². The van der Waals surface area contributed by atoms with Gasteiger partial charge in [-0.25, -0.2) is 0 Å². The Balaban J connectivity index is 2.37. The van der Waals surface area contributed by atoms with Crippen molar-refractivity contribution in [1.82, 2.24) is 0 Å². The normalized spacial score (nSPS) is 29.3. The van der Waals surface area contributed by atoms with Gasteiger partial charge in [0.05, 0.1) is 5.92 Å². The maximum Gasteiger partial charge on any atom is 0.310 e. The van der Waals surface area contributed by atoms with Crippen molar-refractivity contribution in [2.24, 2.45) is 11.8 Å². The molecule has 0 saturated heterocycles. The van der Waals surface area contributed by atoms with Crippen LogP contribution < -0.4 is 0 Å². The standard InChI is InChI=1S/C11H16O2/c1-4-9(3)13-11(12)10-6-5-8(2)7-10/h1,8-10H,5-7H2,2-3H3. The average molecular weight is 180 g/mol. The van der Waals surface area contributed by atoms with E-state index >= 15 is 0 Å². The molecule has 0 spiro atoms. The molecule has 2 nitrogen and oxygen atoms in total. The van der Waals surface area contributed by atoms with Crippen molar-refractivity contribution in [1.29, 1.82) is 0 Å². The third-order valence-electron chi connectivity index (χ3n) is 2.56. The molecule has 3 unspecified atom stereocenters. The summed E-state index contributed by atoms with van der Waals surface area (Å²) in [5, 5.41) is 0. The lowest BCUT2D eigenvalue weighted by Crippen LogP contribution is -2.19. The van der Waals surface area contributed by atoms with Crippen LogP contribution in [0.5, 0.6) is 0 Å². The molecule has 1 fully saturated rings. The highest BCUT2D eigenvalue weighted by Crippen LogP contribution is 2.31. The molecule has 0 N–H and O–H groups in total. The summed E-state index contributed by atoms with van der Waals surface area (Å²) < 4.78 is 5.06. The molecule has 1 rings (SSSR count). The summed E-state index contributed by atoms with van der Waals surface area (Å²) in [6.45, 7) is 3.88. The van der Waals surface area contributed by atoms with E-state index in [-0.39, 0.29) is 18.0 Å². The number of carbonyl (C=O) groups excluding carboxylic acids is 1. The second-order valence-corrected chi connectivity index (χ2v) is 3.86. The van der Waals surface area contributed by atoms with E-state index in [2.05, 4.69) is 12.8 Å². The van der Waals surface area contributed by atoms with Gasteiger partial charge in [-0.3, -0.25) is 4.79 Å². The lowest BCUT2D eigenvalue weighted by atomic mass is 10.1. The zero-order valence-electron chi connectivity index (χ0n) is 8.25. The first-order chi connectivity index (χ1) is 6.13. The Kier molecular flexibility index (Phi) is 3.36. The Morgan fingerprint density at radius 3 is 2.77 bits per heavy atom. The van der Waals surface area contributed by atoms with Gasteiger partial charge in [0, 0.05) is 0 Å². The predicted molar refractivity (Wildman–Crippen MR) is 50.9 cm³/mol. The van der Waals surface area contributed by atoms with E-state index in [4.69, 9.17) is 11.2 Å². The zero-order chi connectivity index (χ0) is 9.84. The molecule has 1 aliphatic carbocycles. The summed E-state index contributed by atoms with van der Waals surface area (Å²) in [6, 6.07) is 0. The molecule has 0 amide bonds. The van der Waals surface area contributed by atoms with Crippen molar-refractivity contribution in [2.45, 2.75) is 39.2 Å². The molecule has 0 bridgehead atoms. The summed E-state index contributed by atoms with van der Waals surface area (Å²) in [5.74, 6) is 3.01. The van der Waals surface area contributed by atoms with Crippen LogP contribution in [0.2, 0.25) is 0 Å². The lowest BCUT2D eigenvalue weighted by Gasteiger charge is -2.11. The minimum absolute atomic E-state index is 0.0887. The number of rotatable bonds is 2. The van der Waals surface area contributed by atoms with E-state index in [1.165, 1.54) is 0 Å². The van der Waals surface area contributed by atoms with Crippen molar-refractivity contribution in [3.8, 4) is 12.3 Å². The van der Waals surface area contributed by atoms with Crippen molar-refractivity contribution in [3.05, 3.63) is 0 Å². The molecule has 0 aromatic heterocycles. The van der Waals surface area contributed by atoms with Gasteiger partial charge >= 0.3 is 5.97 Å². The number of hydrogen-bond donors (Lipinski definition) is 0. The Bertz CT molecular complexity index is 227. The van der Waals surface area contributed by atoms with Gasteiger partial charge in [-0.1, -0.05) is 12.8 Å². The fraction of sp³-hybridized carbons (Fsp3) is 0.727. The van der Waals surface area contributed by atoms with E-state index in [9.17, 15) is 4.79 Å². The second kappa shape index (κ2) is 4.32. The van der Waals surface area contributed by atoms with Crippen LogP contribution in [0.1, 0.15) is 33.1 Å². The molecule has 1 saturated carbocycles. The van der Waals surface area contributed by atoms with Crippen LogP contribution in [0, 0.1) is 24.2 Å². The number of ether oxygens (including phenoxy) is 1. The summed E-state index contributed by atoms with van der Waals surface area (Å²) in [6.07, 6.45) is 7.77. The maximum absolute atomic E-state index is 11.4. The van der Waals surface area contributed by atoms with Crippen LogP contribution in [0.4, 0.5) is 0 Å². The fourth-order valence-electron chi connectivity index (χ4n) is 1.73. The number of esters is 1. The van der Waals surface area contributed by atoms with Gasteiger partial charge in [-0.15, -0.1) is 6.42 Å². The first-order valence-electron chi connectivity index (χ1n) is 4.80. The van der Waals surface area contributed by atoms with Gasteiger partial charge in [0.1, 0.15) is 0 Å². The van der Waals surface area contributed by atoms with Crippen LogP contribution >= 0.6 is 0 Å². The molecule has 72 valence electrons. The van der Waals surface area contributed by atoms with Gasteiger partial charge in [0.25, 0.3) is 0 Å². The SMILES string of the molecule is C#CC(C)OC(=O)C1CCC(C)C1. The van der Waals surface area contributed by atoms with Gasteiger partial charge in [-0.05, 0) is 32.1 Å². The lowest BCUT2D eigenvalue weighted by molar-refractivity contribution is -0.150. The highest BCUT2D eigenvalue weighted by Gasteiger charge is 2.29. The van der Waals surface area contributed by atoms with Gasteiger partial charge in [0.2, 0.25) is 0 Å². The monoisotopic (exact) mass is 180 g/mol. The van der Waals surface area contributed by atoms with E-state index in [1.807, 2.05) is 0 Å². The molecular weight excluding hydrogens is 164 g/mol. The minimum Gasteiger partial charge on any atom is -0.449 e. The minimum atomic E-state index is -0.386. The topological polar surface area (TPSA) is 26.3 Å². The summed E-state index contributed by atoms with van der Waals surface area (Å²) in [7, 11) is 0. The largest absolute Gasteiger partial charge is 0.449 e. The average Bonchev–Trinajstić information content (AvgIpc) is 2.51. The van der Waals surface area contributed by atoms with Crippen molar-refractivity contribution < 1.29 is 9.53 Å². The molecule has 0 aromatic carbocycles. The second-order valence-electron chi connectivity index (χ2n) is 3.86. The summed E-state index contributed by atoms with van der Waals surface area (Å²) in [4.78, 5) is 11.4. The van der Waals surface area contributed by atoms with E-state index < -0.39 is 0 Å². The molecule has 3 atom stereocenters. The molecule has 0 radical (unpaired) electrons. The van der Waals surface area contributed by atoms with Gasteiger partial charge < -0.3 is 4.74 Å². The zero-order valence-corrected chi connectivity index (χ0v) is 8.25. The summed E-state index contributed by atoms with van der Waals surface area (Å²) >= 11 is 0. The third-order valence-corrected chi connectivity index (χ3v) is 2.56. The first kappa shape index (κ1) is 10.1.